The van der Waals surface area contributed by atoms with Gasteiger partial charge in [0.1, 0.15) is 6.04 Å². The fourth-order valence-electron chi connectivity index (χ4n) is 1.92. The Morgan fingerprint density at radius 3 is 2.20 bits per heavy atom. The van der Waals surface area contributed by atoms with Crippen LogP contribution in [0.5, 0.6) is 11.5 Å². The summed E-state index contributed by atoms with van der Waals surface area (Å²) in [6.45, 7) is 1.59. The number of amides is 1. The number of aliphatic carboxylic acids is 1. The van der Waals surface area contributed by atoms with Crippen molar-refractivity contribution in [2.24, 2.45) is 5.92 Å². The van der Waals surface area contributed by atoms with Crippen molar-refractivity contribution in [1.82, 2.24) is 5.32 Å². The SMILES string of the molecule is CC(C)C[C@H](NC(=O)COc1ccccc1OCC(F)(F)F)C(=O)O. The average Bonchev–Trinajstić information content (AvgIpc) is 2.49. The predicted octanol–water partition coefficient (Wildman–Crippen LogP) is 2.62. The molecule has 0 radical (unpaired) electrons. The summed E-state index contributed by atoms with van der Waals surface area (Å²) in [7, 11) is 0. The first-order valence-corrected chi connectivity index (χ1v) is 7.52. The molecule has 9 heteroatoms. The molecule has 140 valence electrons. The third kappa shape index (κ3) is 8.27. The van der Waals surface area contributed by atoms with Gasteiger partial charge in [0, 0.05) is 0 Å². The van der Waals surface area contributed by atoms with E-state index in [0.717, 1.165) is 0 Å². The molecular weight excluding hydrogens is 343 g/mol. The molecule has 1 aromatic rings. The van der Waals surface area contributed by atoms with Gasteiger partial charge in [0.05, 0.1) is 0 Å². The van der Waals surface area contributed by atoms with Crippen LogP contribution in [0.3, 0.4) is 0 Å². The Morgan fingerprint density at radius 2 is 1.72 bits per heavy atom. The minimum absolute atomic E-state index is 0.0439. The summed E-state index contributed by atoms with van der Waals surface area (Å²) in [5.74, 6) is -2.02. The molecule has 6 nitrogen and oxygen atoms in total. The van der Waals surface area contributed by atoms with Crippen LogP contribution in [-0.4, -0.2) is 42.4 Å². The van der Waals surface area contributed by atoms with E-state index >= 15 is 0 Å². The molecule has 0 bridgehead atoms. The highest BCUT2D eigenvalue weighted by molar-refractivity contribution is 5.84. The van der Waals surface area contributed by atoms with E-state index in [9.17, 15) is 22.8 Å². The normalized spacial score (nSPS) is 12.6. The van der Waals surface area contributed by atoms with Crippen molar-refractivity contribution in [1.29, 1.82) is 0 Å². The molecule has 0 spiro atoms. The van der Waals surface area contributed by atoms with Crippen LogP contribution in [0, 0.1) is 5.92 Å². The molecule has 0 unspecified atom stereocenters. The van der Waals surface area contributed by atoms with Gasteiger partial charge in [-0.25, -0.2) is 4.79 Å². The number of carboxylic acids is 1. The van der Waals surface area contributed by atoms with E-state index in [1.54, 1.807) is 0 Å². The van der Waals surface area contributed by atoms with Gasteiger partial charge in [-0.15, -0.1) is 0 Å². The fourth-order valence-corrected chi connectivity index (χ4v) is 1.92. The maximum Gasteiger partial charge on any atom is 0.422 e. The zero-order valence-corrected chi connectivity index (χ0v) is 13.8. The first-order chi connectivity index (χ1) is 11.6. The second-order valence-corrected chi connectivity index (χ2v) is 5.73. The summed E-state index contributed by atoms with van der Waals surface area (Å²) < 4.78 is 46.5. The highest BCUT2D eigenvalue weighted by atomic mass is 19.4. The molecular formula is C16H20F3NO5. The van der Waals surface area contributed by atoms with Gasteiger partial charge < -0.3 is 19.9 Å². The molecule has 1 aromatic carbocycles. The molecule has 0 aromatic heterocycles. The maximum absolute atomic E-state index is 12.2. The Morgan fingerprint density at radius 1 is 1.16 bits per heavy atom. The lowest BCUT2D eigenvalue weighted by molar-refractivity contribution is -0.153. The number of hydrogen-bond acceptors (Lipinski definition) is 4. The molecule has 25 heavy (non-hydrogen) atoms. The summed E-state index contributed by atoms with van der Waals surface area (Å²) >= 11 is 0. The van der Waals surface area contributed by atoms with Crippen LogP contribution in [-0.2, 0) is 9.59 Å². The van der Waals surface area contributed by atoms with Gasteiger partial charge in [0.25, 0.3) is 5.91 Å². The Hall–Kier alpha value is -2.45. The summed E-state index contributed by atoms with van der Waals surface area (Å²) in [6.07, 6.45) is -4.26. The molecule has 1 amide bonds. The van der Waals surface area contributed by atoms with Crippen LogP contribution < -0.4 is 14.8 Å². The van der Waals surface area contributed by atoms with Crippen LogP contribution >= 0.6 is 0 Å². The number of carbonyl (C=O) groups is 2. The zero-order valence-electron chi connectivity index (χ0n) is 13.8. The molecule has 0 heterocycles. The van der Waals surface area contributed by atoms with Gasteiger partial charge in [-0.3, -0.25) is 4.79 Å². The molecule has 0 saturated carbocycles. The summed E-state index contributed by atoms with van der Waals surface area (Å²) in [5.41, 5.74) is 0. The van der Waals surface area contributed by atoms with Crippen LogP contribution in [0.15, 0.2) is 24.3 Å². The molecule has 0 saturated heterocycles. The average molecular weight is 363 g/mol. The quantitative estimate of drug-likeness (QED) is 0.705. The minimum atomic E-state index is -4.50. The van der Waals surface area contributed by atoms with E-state index in [0.29, 0.717) is 0 Å². The number of halogens is 3. The van der Waals surface area contributed by atoms with E-state index in [-0.39, 0.29) is 23.8 Å². The van der Waals surface area contributed by atoms with Crippen LogP contribution in [0.2, 0.25) is 0 Å². The lowest BCUT2D eigenvalue weighted by Crippen LogP contribution is -2.43. The number of benzene rings is 1. The zero-order chi connectivity index (χ0) is 19.0. The maximum atomic E-state index is 12.2. The van der Waals surface area contributed by atoms with Gasteiger partial charge >= 0.3 is 12.1 Å². The lowest BCUT2D eigenvalue weighted by Gasteiger charge is -2.17. The number of ether oxygens (including phenoxy) is 2. The summed E-state index contributed by atoms with van der Waals surface area (Å²) in [4.78, 5) is 22.9. The van der Waals surface area contributed by atoms with E-state index in [1.807, 2.05) is 13.8 Å². The molecule has 1 rings (SSSR count). The Balaban J connectivity index is 2.62. The Kier molecular flexibility index (Phi) is 7.53. The van der Waals surface area contributed by atoms with Crippen LogP contribution in [0.25, 0.3) is 0 Å². The number of hydrogen-bond donors (Lipinski definition) is 2. The molecule has 0 aliphatic heterocycles. The van der Waals surface area contributed by atoms with Crippen LogP contribution in [0.4, 0.5) is 13.2 Å². The standard InChI is InChI=1S/C16H20F3NO5/c1-10(2)7-11(15(22)23)20-14(21)8-24-12-5-3-4-6-13(12)25-9-16(17,18)19/h3-6,10-11H,7-9H2,1-2H3,(H,20,21)(H,22,23)/t11-/m0/s1. The fraction of sp³-hybridized carbons (Fsp3) is 0.500. The van der Waals surface area contributed by atoms with Gasteiger partial charge in [0.15, 0.2) is 24.7 Å². The van der Waals surface area contributed by atoms with Gasteiger partial charge in [-0.1, -0.05) is 26.0 Å². The molecule has 0 aliphatic carbocycles. The number of nitrogens with one attached hydrogen (secondary N) is 1. The molecule has 0 aliphatic rings. The molecule has 2 N–H and O–H groups in total. The van der Waals surface area contributed by atoms with Crippen molar-refractivity contribution in [3.8, 4) is 11.5 Å². The Bertz CT molecular complexity index is 589. The first kappa shape index (κ1) is 20.6. The third-order valence-electron chi connectivity index (χ3n) is 2.94. The first-order valence-electron chi connectivity index (χ1n) is 7.52. The third-order valence-corrected chi connectivity index (χ3v) is 2.94. The number of para-hydroxylation sites is 2. The van der Waals surface area contributed by atoms with Crippen molar-refractivity contribution in [3.05, 3.63) is 24.3 Å². The minimum Gasteiger partial charge on any atom is -0.480 e. The van der Waals surface area contributed by atoms with Gasteiger partial charge in [-0.05, 0) is 24.5 Å². The highest BCUT2D eigenvalue weighted by Gasteiger charge is 2.29. The number of alkyl halides is 3. The van der Waals surface area contributed by atoms with Crippen molar-refractivity contribution < 1.29 is 37.3 Å². The largest absolute Gasteiger partial charge is 0.480 e. The molecule has 0 fully saturated rings. The number of carbonyl (C=O) groups excluding carboxylic acids is 1. The Labute approximate surface area is 142 Å². The second kappa shape index (κ2) is 9.14. The van der Waals surface area contributed by atoms with E-state index in [2.05, 4.69) is 10.1 Å². The highest BCUT2D eigenvalue weighted by Crippen LogP contribution is 2.28. The van der Waals surface area contributed by atoms with E-state index < -0.39 is 37.3 Å². The number of carboxylic acid groups (broad SMARTS) is 1. The number of rotatable bonds is 9. The topological polar surface area (TPSA) is 84.9 Å². The van der Waals surface area contributed by atoms with Crippen molar-refractivity contribution >= 4 is 11.9 Å². The summed E-state index contributed by atoms with van der Waals surface area (Å²) in [5, 5.41) is 11.4. The lowest BCUT2D eigenvalue weighted by atomic mass is 10.0. The van der Waals surface area contributed by atoms with Gasteiger partial charge in [-0.2, -0.15) is 13.2 Å². The van der Waals surface area contributed by atoms with Gasteiger partial charge in [0.2, 0.25) is 0 Å². The molecule has 1 atom stereocenters. The van der Waals surface area contributed by atoms with Crippen LogP contribution in [0.1, 0.15) is 20.3 Å². The second-order valence-electron chi connectivity index (χ2n) is 5.73. The predicted molar refractivity (Wildman–Crippen MR) is 82.5 cm³/mol. The summed E-state index contributed by atoms with van der Waals surface area (Å²) in [6, 6.07) is 4.53. The van der Waals surface area contributed by atoms with Crippen molar-refractivity contribution in [3.63, 3.8) is 0 Å². The van der Waals surface area contributed by atoms with E-state index in [4.69, 9.17) is 9.84 Å². The smallest absolute Gasteiger partial charge is 0.422 e. The monoisotopic (exact) mass is 363 g/mol. The van der Waals surface area contributed by atoms with E-state index in [1.165, 1.54) is 24.3 Å². The van der Waals surface area contributed by atoms with Crippen molar-refractivity contribution in [2.75, 3.05) is 13.2 Å². The van der Waals surface area contributed by atoms with Crippen molar-refractivity contribution in [2.45, 2.75) is 32.5 Å².